The quantitative estimate of drug-likeness (QED) is 0.820. The monoisotopic (exact) mass is 274 g/mol. The van der Waals surface area contributed by atoms with E-state index in [2.05, 4.69) is 24.5 Å². The molecule has 1 aliphatic carbocycles. The summed E-state index contributed by atoms with van der Waals surface area (Å²) in [4.78, 5) is 12.3. The fourth-order valence-electron chi connectivity index (χ4n) is 2.90. The average molecular weight is 274 g/mol. The molecular formula is C17H26N2O. The first-order valence-electron chi connectivity index (χ1n) is 7.85. The van der Waals surface area contributed by atoms with Gasteiger partial charge in [0.2, 0.25) is 0 Å². The smallest absolute Gasteiger partial charge is 0.251 e. The van der Waals surface area contributed by atoms with Crippen LogP contribution in [0.4, 0.5) is 5.69 Å². The number of hydrogen-bond acceptors (Lipinski definition) is 2. The molecule has 1 saturated carbocycles. The molecule has 2 atom stereocenters. The molecule has 0 heterocycles. The van der Waals surface area contributed by atoms with Crippen LogP contribution in [0.3, 0.4) is 0 Å². The molecule has 0 saturated heterocycles. The second kappa shape index (κ2) is 7.32. The highest BCUT2D eigenvalue weighted by atomic mass is 16.1. The van der Waals surface area contributed by atoms with Crippen LogP contribution in [-0.4, -0.2) is 18.5 Å². The molecule has 1 fully saturated rings. The third-order valence-electron chi connectivity index (χ3n) is 4.21. The van der Waals surface area contributed by atoms with Crippen molar-refractivity contribution in [2.75, 3.05) is 11.9 Å². The van der Waals surface area contributed by atoms with Crippen molar-refractivity contribution < 1.29 is 4.79 Å². The lowest BCUT2D eigenvalue weighted by Crippen LogP contribution is -2.38. The number of benzene rings is 1. The van der Waals surface area contributed by atoms with E-state index in [1.165, 1.54) is 25.7 Å². The number of rotatable bonds is 4. The maximum absolute atomic E-state index is 12.3. The van der Waals surface area contributed by atoms with Crippen LogP contribution in [0.5, 0.6) is 0 Å². The Morgan fingerprint density at radius 1 is 1.15 bits per heavy atom. The molecule has 1 aliphatic rings. The fourth-order valence-corrected chi connectivity index (χ4v) is 2.90. The minimum atomic E-state index is 0.0619. The van der Waals surface area contributed by atoms with E-state index in [0.717, 1.165) is 24.2 Å². The summed E-state index contributed by atoms with van der Waals surface area (Å²) in [5, 5.41) is 6.46. The predicted molar refractivity (Wildman–Crippen MR) is 84.1 cm³/mol. The van der Waals surface area contributed by atoms with Crippen LogP contribution in [-0.2, 0) is 0 Å². The second-order valence-corrected chi connectivity index (χ2v) is 5.80. The van der Waals surface area contributed by atoms with Crippen LogP contribution in [0.15, 0.2) is 24.3 Å². The van der Waals surface area contributed by atoms with Gasteiger partial charge in [0.25, 0.3) is 5.91 Å². The summed E-state index contributed by atoms with van der Waals surface area (Å²) in [6.45, 7) is 5.21. The van der Waals surface area contributed by atoms with Gasteiger partial charge < -0.3 is 10.6 Å². The fraction of sp³-hybridized carbons (Fsp3) is 0.588. The molecule has 0 spiro atoms. The molecule has 1 amide bonds. The van der Waals surface area contributed by atoms with Crippen molar-refractivity contribution in [1.82, 2.24) is 5.32 Å². The Bertz CT molecular complexity index is 427. The van der Waals surface area contributed by atoms with Gasteiger partial charge >= 0.3 is 0 Å². The number of hydrogen-bond donors (Lipinski definition) is 2. The Morgan fingerprint density at radius 2 is 1.85 bits per heavy atom. The van der Waals surface area contributed by atoms with Gasteiger partial charge in [0.1, 0.15) is 0 Å². The maximum Gasteiger partial charge on any atom is 0.251 e. The summed E-state index contributed by atoms with van der Waals surface area (Å²) in [5.41, 5.74) is 1.81. The van der Waals surface area contributed by atoms with Crippen molar-refractivity contribution >= 4 is 11.6 Å². The van der Waals surface area contributed by atoms with E-state index in [1.54, 1.807) is 0 Å². The van der Waals surface area contributed by atoms with Crippen molar-refractivity contribution in [3.05, 3.63) is 29.8 Å². The molecule has 0 aliphatic heterocycles. The van der Waals surface area contributed by atoms with Crippen molar-refractivity contribution in [3.8, 4) is 0 Å². The molecule has 3 nitrogen and oxygen atoms in total. The molecule has 0 radical (unpaired) electrons. The summed E-state index contributed by atoms with van der Waals surface area (Å²) in [6.07, 6.45) is 6.17. The maximum atomic E-state index is 12.3. The third-order valence-corrected chi connectivity index (χ3v) is 4.21. The Kier molecular flexibility index (Phi) is 5.45. The van der Waals surface area contributed by atoms with Crippen LogP contribution in [0.2, 0.25) is 0 Å². The summed E-state index contributed by atoms with van der Waals surface area (Å²) in [7, 11) is 0. The summed E-state index contributed by atoms with van der Waals surface area (Å²) < 4.78 is 0. The van der Waals surface area contributed by atoms with Gasteiger partial charge in [0.05, 0.1) is 0 Å². The summed E-state index contributed by atoms with van der Waals surface area (Å²) in [6, 6.07) is 8.06. The lowest BCUT2D eigenvalue weighted by Gasteiger charge is -2.22. The van der Waals surface area contributed by atoms with Crippen molar-refractivity contribution in [3.63, 3.8) is 0 Å². The van der Waals surface area contributed by atoms with Gasteiger partial charge in [-0.1, -0.05) is 26.2 Å². The van der Waals surface area contributed by atoms with Gasteiger partial charge in [0.15, 0.2) is 0 Å². The third kappa shape index (κ3) is 3.99. The molecule has 0 bridgehead atoms. The van der Waals surface area contributed by atoms with Gasteiger partial charge in [-0.3, -0.25) is 4.79 Å². The van der Waals surface area contributed by atoms with Crippen molar-refractivity contribution in [2.24, 2.45) is 5.92 Å². The zero-order valence-corrected chi connectivity index (χ0v) is 12.6. The largest absolute Gasteiger partial charge is 0.385 e. The standard InChI is InChI=1S/C17H26N2O/c1-3-18-15-11-9-14(10-12-15)17(20)19-16-8-6-4-5-7-13(16)2/h9-13,16,18H,3-8H2,1-2H3,(H,19,20). The number of carbonyl (C=O) groups is 1. The second-order valence-electron chi connectivity index (χ2n) is 5.80. The molecule has 110 valence electrons. The molecule has 2 rings (SSSR count). The molecule has 2 N–H and O–H groups in total. The number of nitrogens with one attached hydrogen (secondary N) is 2. The van der Waals surface area contributed by atoms with Gasteiger partial charge in [-0.25, -0.2) is 0 Å². The van der Waals surface area contributed by atoms with Crippen LogP contribution in [0.1, 0.15) is 56.3 Å². The van der Waals surface area contributed by atoms with Crippen LogP contribution >= 0.6 is 0 Å². The first-order valence-corrected chi connectivity index (χ1v) is 7.85. The lowest BCUT2D eigenvalue weighted by atomic mass is 9.96. The minimum absolute atomic E-state index is 0.0619. The summed E-state index contributed by atoms with van der Waals surface area (Å²) in [5.74, 6) is 0.647. The van der Waals surface area contributed by atoms with E-state index in [1.807, 2.05) is 24.3 Å². The lowest BCUT2D eigenvalue weighted by molar-refractivity contribution is 0.0921. The average Bonchev–Trinajstić information content (AvgIpc) is 2.65. The van der Waals surface area contributed by atoms with Crippen LogP contribution < -0.4 is 10.6 Å². The first kappa shape index (κ1) is 14.9. The molecule has 2 unspecified atom stereocenters. The van der Waals surface area contributed by atoms with E-state index in [-0.39, 0.29) is 5.91 Å². The zero-order valence-electron chi connectivity index (χ0n) is 12.6. The Morgan fingerprint density at radius 3 is 2.55 bits per heavy atom. The van der Waals surface area contributed by atoms with E-state index in [4.69, 9.17) is 0 Å². The Hall–Kier alpha value is -1.51. The highest BCUT2D eigenvalue weighted by Gasteiger charge is 2.21. The summed E-state index contributed by atoms with van der Waals surface area (Å²) >= 11 is 0. The Balaban J connectivity index is 1.96. The minimum Gasteiger partial charge on any atom is -0.385 e. The molecular weight excluding hydrogens is 248 g/mol. The highest BCUT2D eigenvalue weighted by molar-refractivity contribution is 5.94. The van der Waals surface area contributed by atoms with E-state index >= 15 is 0 Å². The molecule has 0 aromatic heterocycles. The molecule has 1 aromatic carbocycles. The SMILES string of the molecule is CCNc1ccc(C(=O)NC2CCCCCC2C)cc1. The molecule has 1 aromatic rings. The topological polar surface area (TPSA) is 41.1 Å². The van der Waals surface area contributed by atoms with Gasteiger partial charge in [-0.15, -0.1) is 0 Å². The van der Waals surface area contributed by atoms with Crippen molar-refractivity contribution in [2.45, 2.75) is 52.0 Å². The van der Waals surface area contributed by atoms with Gasteiger partial charge in [-0.05, 0) is 49.9 Å². The van der Waals surface area contributed by atoms with E-state index < -0.39 is 0 Å². The Labute approximate surface area is 122 Å². The first-order chi connectivity index (χ1) is 9.70. The molecule has 20 heavy (non-hydrogen) atoms. The number of carbonyl (C=O) groups excluding carboxylic acids is 1. The van der Waals surface area contributed by atoms with Crippen LogP contribution in [0, 0.1) is 5.92 Å². The number of anilines is 1. The number of amides is 1. The van der Waals surface area contributed by atoms with Gasteiger partial charge in [0, 0.05) is 23.8 Å². The van der Waals surface area contributed by atoms with E-state index in [0.29, 0.717) is 12.0 Å². The highest BCUT2D eigenvalue weighted by Crippen LogP contribution is 2.23. The van der Waals surface area contributed by atoms with Crippen LogP contribution in [0.25, 0.3) is 0 Å². The predicted octanol–water partition coefficient (Wildman–Crippen LogP) is 3.82. The normalized spacial score (nSPS) is 22.9. The van der Waals surface area contributed by atoms with E-state index in [9.17, 15) is 4.79 Å². The van der Waals surface area contributed by atoms with Gasteiger partial charge in [-0.2, -0.15) is 0 Å². The molecule has 3 heteroatoms. The van der Waals surface area contributed by atoms with Crippen molar-refractivity contribution in [1.29, 1.82) is 0 Å². The zero-order chi connectivity index (χ0) is 14.4.